The molecule has 3 heterocycles. The number of nitrogens with one attached hydrogen (secondary N) is 1. The Morgan fingerprint density at radius 2 is 1.95 bits per heavy atom. The van der Waals surface area contributed by atoms with Crippen LogP contribution in [0.1, 0.15) is 51.5 Å². The van der Waals surface area contributed by atoms with Crippen molar-refractivity contribution in [3.8, 4) is 21.8 Å². The van der Waals surface area contributed by atoms with Crippen LogP contribution in [0.5, 0.6) is 0 Å². The predicted molar refractivity (Wildman–Crippen MR) is 144 cm³/mol. The van der Waals surface area contributed by atoms with Gasteiger partial charge in [0.1, 0.15) is 5.60 Å². The Morgan fingerprint density at radius 3 is 2.61 bits per heavy atom. The monoisotopic (exact) mass is 561 g/mol. The molecule has 1 saturated heterocycles. The first-order chi connectivity index (χ1) is 18.1. The number of hydrogen-bond acceptors (Lipinski definition) is 8. The first-order valence-electron chi connectivity index (χ1n) is 12.3. The Balaban J connectivity index is 1.66. The number of piperidine rings is 1. The third kappa shape index (κ3) is 6.57. The van der Waals surface area contributed by atoms with Gasteiger partial charge in [0.05, 0.1) is 33.6 Å². The number of hydrogen-bond donors (Lipinski definition) is 1. The molecule has 0 radical (unpaired) electrons. The zero-order chi connectivity index (χ0) is 27.4. The number of carbonyl (C=O) groups excluding carboxylic acids is 2. The summed E-state index contributed by atoms with van der Waals surface area (Å²) in [5.74, 6) is -0.578. The molecular formula is C26H29ClFN5O4S. The number of benzene rings is 1. The third-order valence-corrected chi connectivity index (χ3v) is 7.19. The quantitative estimate of drug-likeness (QED) is 0.344. The largest absolute Gasteiger partial charge is 0.450 e. The zero-order valence-electron chi connectivity index (χ0n) is 21.6. The van der Waals surface area contributed by atoms with Crippen molar-refractivity contribution >= 4 is 40.8 Å². The Morgan fingerprint density at radius 1 is 1.21 bits per heavy atom. The predicted octanol–water partition coefficient (Wildman–Crippen LogP) is 6.74. The molecule has 1 fully saturated rings. The number of aromatic nitrogens is 3. The highest BCUT2D eigenvalue weighted by molar-refractivity contribution is 7.15. The molecule has 1 aromatic carbocycles. The van der Waals surface area contributed by atoms with Gasteiger partial charge in [-0.2, -0.15) is 0 Å². The molecule has 0 unspecified atom stereocenters. The molecule has 0 spiro atoms. The van der Waals surface area contributed by atoms with E-state index in [1.54, 1.807) is 30.0 Å². The van der Waals surface area contributed by atoms with Crippen LogP contribution in [0.25, 0.3) is 21.8 Å². The number of amides is 2. The minimum absolute atomic E-state index is 0.0205. The molecule has 1 aliphatic rings. The molecule has 1 N–H and O–H groups in total. The van der Waals surface area contributed by atoms with Crippen LogP contribution in [-0.2, 0) is 9.47 Å². The number of ether oxygens (including phenoxy) is 2. The van der Waals surface area contributed by atoms with E-state index in [9.17, 15) is 9.59 Å². The summed E-state index contributed by atoms with van der Waals surface area (Å²) in [5.41, 5.74) is 0.523. The first kappa shape index (κ1) is 27.7. The van der Waals surface area contributed by atoms with Crippen molar-refractivity contribution in [1.82, 2.24) is 19.9 Å². The second-order valence-corrected chi connectivity index (χ2v) is 11.1. The van der Waals surface area contributed by atoms with E-state index in [4.69, 9.17) is 26.1 Å². The lowest BCUT2D eigenvalue weighted by Crippen LogP contribution is -2.41. The highest BCUT2D eigenvalue weighted by Gasteiger charge is 2.30. The van der Waals surface area contributed by atoms with Gasteiger partial charge in [-0.1, -0.05) is 6.07 Å². The number of thiazole rings is 1. The number of rotatable bonds is 5. The topological polar surface area (TPSA) is 107 Å². The average Bonchev–Trinajstić information content (AvgIpc) is 3.30. The van der Waals surface area contributed by atoms with Gasteiger partial charge in [-0.15, -0.1) is 11.3 Å². The Kier molecular flexibility index (Phi) is 8.47. The highest BCUT2D eigenvalue weighted by Crippen LogP contribution is 2.42. The molecule has 0 bridgehead atoms. The zero-order valence-corrected chi connectivity index (χ0v) is 23.2. The van der Waals surface area contributed by atoms with E-state index in [-0.39, 0.29) is 35.2 Å². The third-order valence-electron chi connectivity index (χ3n) is 5.76. The van der Waals surface area contributed by atoms with Crippen molar-refractivity contribution in [2.75, 3.05) is 25.0 Å². The maximum absolute atomic E-state index is 15.6. The van der Waals surface area contributed by atoms with Crippen LogP contribution in [0.2, 0.25) is 5.28 Å². The molecule has 9 nitrogen and oxygen atoms in total. The van der Waals surface area contributed by atoms with Crippen LogP contribution in [0, 0.1) is 5.82 Å². The molecule has 1 aliphatic heterocycles. The van der Waals surface area contributed by atoms with Crippen LogP contribution >= 0.6 is 22.9 Å². The minimum Gasteiger partial charge on any atom is -0.450 e. The van der Waals surface area contributed by atoms with E-state index in [0.717, 1.165) is 5.01 Å². The van der Waals surface area contributed by atoms with E-state index in [1.165, 1.54) is 23.6 Å². The van der Waals surface area contributed by atoms with Gasteiger partial charge in [0.15, 0.2) is 5.82 Å². The molecule has 2 amide bonds. The summed E-state index contributed by atoms with van der Waals surface area (Å²) in [6, 6.07) is 6.38. The molecule has 202 valence electrons. The van der Waals surface area contributed by atoms with E-state index in [0.29, 0.717) is 42.2 Å². The van der Waals surface area contributed by atoms with Crippen molar-refractivity contribution < 1.29 is 23.5 Å². The van der Waals surface area contributed by atoms with Gasteiger partial charge in [-0.3, -0.25) is 5.32 Å². The van der Waals surface area contributed by atoms with Gasteiger partial charge in [0.2, 0.25) is 5.28 Å². The lowest BCUT2D eigenvalue weighted by molar-refractivity contribution is 0.0204. The van der Waals surface area contributed by atoms with Crippen molar-refractivity contribution in [2.24, 2.45) is 0 Å². The van der Waals surface area contributed by atoms with Crippen LogP contribution in [0.3, 0.4) is 0 Å². The van der Waals surface area contributed by atoms with E-state index in [1.807, 2.05) is 20.8 Å². The fraction of sp³-hybridized carbons (Fsp3) is 0.423. The van der Waals surface area contributed by atoms with Gasteiger partial charge in [-0.05, 0) is 70.3 Å². The number of anilines is 1. The summed E-state index contributed by atoms with van der Waals surface area (Å²) in [4.78, 5) is 39.9. The second kappa shape index (κ2) is 11.6. The minimum atomic E-state index is -0.748. The summed E-state index contributed by atoms with van der Waals surface area (Å²) in [6.07, 6.45) is 1.82. The molecule has 12 heteroatoms. The number of halogens is 2. The van der Waals surface area contributed by atoms with E-state index >= 15 is 4.39 Å². The lowest BCUT2D eigenvalue weighted by atomic mass is 9.97. The SMILES string of the molecule is CCOC(=O)Nc1cccc(-c2nc(C3CCN(C(=O)OC(C)(C)C)CC3)sc2-c2ccnc(Cl)n2)c1F. The standard InChI is InChI=1S/C26H29ClFN5O4S/c1-5-36-24(34)31-17-8-6-7-16(19(17)28)20-21(18-9-12-29-23(27)30-18)38-22(32-20)15-10-13-33(14-11-15)25(35)37-26(2,3)4/h6-9,12,15H,5,10-11,13-14H2,1-4H3,(H,31,34). The number of nitrogens with zero attached hydrogens (tertiary/aromatic N) is 4. The van der Waals surface area contributed by atoms with E-state index in [2.05, 4.69) is 15.3 Å². The van der Waals surface area contributed by atoms with Crippen LogP contribution < -0.4 is 5.32 Å². The van der Waals surface area contributed by atoms with Crippen molar-refractivity contribution in [2.45, 2.75) is 52.1 Å². The smallest absolute Gasteiger partial charge is 0.411 e. The normalized spacial score (nSPS) is 14.3. The Hall–Kier alpha value is -3.31. The average molecular weight is 562 g/mol. The summed E-state index contributed by atoms with van der Waals surface area (Å²) in [7, 11) is 0. The highest BCUT2D eigenvalue weighted by atomic mass is 35.5. The second-order valence-electron chi connectivity index (χ2n) is 9.69. The fourth-order valence-electron chi connectivity index (χ4n) is 4.05. The summed E-state index contributed by atoms with van der Waals surface area (Å²) in [6.45, 7) is 8.39. The molecule has 4 rings (SSSR count). The van der Waals surface area contributed by atoms with Crippen LogP contribution in [-0.4, -0.2) is 57.3 Å². The lowest BCUT2D eigenvalue weighted by Gasteiger charge is -2.32. The molecule has 0 atom stereocenters. The molecule has 38 heavy (non-hydrogen) atoms. The van der Waals surface area contributed by atoms with Crippen LogP contribution in [0.4, 0.5) is 19.7 Å². The maximum Gasteiger partial charge on any atom is 0.411 e. The van der Waals surface area contributed by atoms with Gasteiger partial charge in [0.25, 0.3) is 0 Å². The summed E-state index contributed by atoms with van der Waals surface area (Å²) >= 11 is 7.47. The number of carbonyl (C=O) groups is 2. The summed E-state index contributed by atoms with van der Waals surface area (Å²) in [5, 5.41) is 3.30. The van der Waals surface area contributed by atoms with Crippen molar-refractivity contribution in [1.29, 1.82) is 0 Å². The molecular weight excluding hydrogens is 533 g/mol. The summed E-state index contributed by atoms with van der Waals surface area (Å²) < 4.78 is 26.0. The Labute approximate surface area is 229 Å². The van der Waals surface area contributed by atoms with Gasteiger partial charge < -0.3 is 14.4 Å². The fourth-order valence-corrected chi connectivity index (χ4v) is 5.42. The molecule has 3 aromatic rings. The van der Waals surface area contributed by atoms with Gasteiger partial charge in [-0.25, -0.2) is 28.9 Å². The Bertz CT molecular complexity index is 1320. The molecule has 0 aliphatic carbocycles. The van der Waals surface area contributed by atoms with Crippen molar-refractivity contribution in [3.05, 3.63) is 46.6 Å². The maximum atomic E-state index is 15.6. The molecule has 0 saturated carbocycles. The van der Waals surface area contributed by atoms with Crippen LogP contribution in [0.15, 0.2) is 30.5 Å². The first-order valence-corrected chi connectivity index (χ1v) is 13.5. The van der Waals surface area contributed by atoms with E-state index < -0.39 is 17.5 Å². The number of likely N-dealkylation sites (tertiary alicyclic amines) is 1. The van der Waals surface area contributed by atoms with Gasteiger partial charge >= 0.3 is 12.2 Å². The van der Waals surface area contributed by atoms with Crippen molar-refractivity contribution in [3.63, 3.8) is 0 Å². The van der Waals surface area contributed by atoms with Gasteiger partial charge in [0, 0.05) is 30.8 Å². The molecule has 2 aromatic heterocycles.